The topological polar surface area (TPSA) is 58.2 Å². The van der Waals surface area contributed by atoms with Gasteiger partial charge in [0.15, 0.2) is 0 Å². The third-order valence-corrected chi connectivity index (χ3v) is 7.00. The zero-order valence-corrected chi connectivity index (χ0v) is 21.7. The third kappa shape index (κ3) is 7.56. The van der Waals surface area contributed by atoms with E-state index in [2.05, 4.69) is 33.2 Å². The van der Waals surface area contributed by atoms with Gasteiger partial charge in [0.1, 0.15) is 5.25 Å². The maximum atomic E-state index is 13.3. The lowest BCUT2D eigenvalue weighted by molar-refractivity contribution is -0.116. The summed E-state index contributed by atoms with van der Waals surface area (Å²) in [5.74, 6) is -0.324. The quantitative estimate of drug-likeness (QED) is 0.128. The fourth-order valence-corrected chi connectivity index (χ4v) is 4.79. The van der Waals surface area contributed by atoms with Crippen LogP contribution >= 0.6 is 34.4 Å². The molecule has 4 aromatic rings. The molecule has 0 radical (unpaired) electrons. The summed E-state index contributed by atoms with van der Waals surface area (Å²) in [5, 5.41) is 5.47. The number of hydrogen-bond donors (Lipinski definition) is 2. The van der Waals surface area contributed by atoms with E-state index in [1.54, 1.807) is 6.08 Å². The number of halogens is 1. The molecule has 35 heavy (non-hydrogen) atoms. The normalized spacial score (nSPS) is 11.7. The van der Waals surface area contributed by atoms with Gasteiger partial charge in [-0.2, -0.15) is 0 Å². The monoisotopic (exact) mass is 590 g/mol. The van der Waals surface area contributed by atoms with Crippen LogP contribution in [0.3, 0.4) is 0 Å². The maximum Gasteiger partial charge on any atom is 0.248 e. The summed E-state index contributed by atoms with van der Waals surface area (Å²) >= 11 is 3.68. The summed E-state index contributed by atoms with van der Waals surface area (Å²) in [6.45, 7) is 0. The summed E-state index contributed by atoms with van der Waals surface area (Å²) in [5.41, 5.74) is 3.28. The second kappa shape index (κ2) is 12.4. The summed E-state index contributed by atoms with van der Waals surface area (Å²) in [4.78, 5) is 26.6. The second-order valence-corrected chi connectivity index (χ2v) is 10.1. The van der Waals surface area contributed by atoms with Crippen molar-refractivity contribution in [3.63, 3.8) is 0 Å². The molecular formula is C29H23IN2O2S. The number of amides is 2. The Morgan fingerprint density at radius 2 is 1.43 bits per heavy atom. The molecule has 0 bridgehead atoms. The van der Waals surface area contributed by atoms with Crippen LogP contribution in [0.2, 0.25) is 0 Å². The summed E-state index contributed by atoms with van der Waals surface area (Å²) in [7, 11) is 0. The van der Waals surface area contributed by atoms with Crippen molar-refractivity contribution in [3.05, 3.63) is 130 Å². The molecule has 4 rings (SSSR count). The lowest BCUT2D eigenvalue weighted by atomic mass is 10.1. The predicted molar refractivity (Wildman–Crippen MR) is 153 cm³/mol. The van der Waals surface area contributed by atoms with E-state index in [0.29, 0.717) is 5.69 Å². The van der Waals surface area contributed by atoms with Crippen LogP contribution in [0.15, 0.2) is 120 Å². The van der Waals surface area contributed by atoms with E-state index in [9.17, 15) is 9.59 Å². The van der Waals surface area contributed by atoms with Crippen LogP contribution in [0.25, 0.3) is 6.08 Å². The SMILES string of the molecule is O=C(/C=C/c1ccccc1)Nc1cccc(SC(C(=O)Nc2ccc(I)cc2)c2ccccc2)c1. The van der Waals surface area contributed by atoms with Crippen molar-refractivity contribution in [3.8, 4) is 0 Å². The molecule has 0 aromatic heterocycles. The number of rotatable bonds is 8. The van der Waals surface area contributed by atoms with Crippen molar-refractivity contribution in [2.45, 2.75) is 10.1 Å². The summed E-state index contributed by atoms with van der Waals surface area (Å²) in [6.07, 6.45) is 3.28. The van der Waals surface area contributed by atoms with Gasteiger partial charge in [0.25, 0.3) is 0 Å². The Morgan fingerprint density at radius 3 is 2.14 bits per heavy atom. The van der Waals surface area contributed by atoms with Gasteiger partial charge in [0.05, 0.1) is 0 Å². The van der Waals surface area contributed by atoms with Gasteiger partial charge in [-0.05, 0) is 82.3 Å². The predicted octanol–water partition coefficient (Wildman–Crippen LogP) is 7.42. The molecule has 2 N–H and O–H groups in total. The molecule has 0 aliphatic carbocycles. The molecule has 0 aliphatic heterocycles. The highest BCUT2D eigenvalue weighted by Crippen LogP contribution is 2.37. The molecule has 4 aromatic carbocycles. The Labute approximate surface area is 223 Å². The van der Waals surface area contributed by atoms with Gasteiger partial charge < -0.3 is 10.6 Å². The molecule has 0 saturated carbocycles. The van der Waals surface area contributed by atoms with Crippen LogP contribution in [-0.2, 0) is 9.59 Å². The Bertz CT molecular complexity index is 1310. The second-order valence-electron chi connectivity index (χ2n) is 7.67. The van der Waals surface area contributed by atoms with Gasteiger partial charge in [-0.3, -0.25) is 9.59 Å². The minimum Gasteiger partial charge on any atom is -0.325 e. The minimum absolute atomic E-state index is 0.109. The molecule has 2 amide bonds. The molecule has 0 spiro atoms. The first-order chi connectivity index (χ1) is 17.1. The summed E-state index contributed by atoms with van der Waals surface area (Å²) < 4.78 is 1.10. The zero-order valence-electron chi connectivity index (χ0n) is 18.7. The van der Waals surface area contributed by atoms with Crippen molar-refractivity contribution >= 4 is 63.6 Å². The van der Waals surface area contributed by atoms with Crippen LogP contribution in [0, 0.1) is 3.57 Å². The highest BCUT2D eigenvalue weighted by Gasteiger charge is 2.22. The van der Waals surface area contributed by atoms with Crippen LogP contribution in [0.5, 0.6) is 0 Å². The zero-order chi connectivity index (χ0) is 24.5. The minimum atomic E-state index is -0.459. The van der Waals surface area contributed by atoms with Crippen LogP contribution in [0.4, 0.5) is 11.4 Å². The van der Waals surface area contributed by atoms with E-state index in [1.807, 2.05) is 109 Å². The van der Waals surface area contributed by atoms with Crippen LogP contribution < -0.4 is 10.6 Å². The number of anilines is 2. The van der Waals surface area contributed by atoms with Gasteiger partial charge >= 0.3 is 0 Å². The van der Waals surface area contributed by atoms with Crippen molar-refractivity contribution in [1.82, 2.24) is 0 Å². The number of carbonyl (C=O) groups is 2. The van der Waals surface area contributed by atoms with E-state index in [-0.39, 0.29) is 11.8 Å². The Balaban J connectivity index is 1.48. The largest absolute Gasteiger partial charge is 0.325 e. The van der Waals surface area contributed by atoms with Crippen molar-refractivity contribution < 1.29 is 9.59 Å². The molecule has 0 aliphatic rings. The average molecular weight is 590 g/mol. The molecule has 1 atom stereocenters. The van der Waals surface area contributed by atoms with Gasteiger partial charge in [-0.25, -0.2) is 0 Å². The maximum absolute atomic E-state index is 13.3. The lowest BCUT2D eigenvalue weighted by Crippen LogP contribution is -2.19. The number of benzene rings is 4. The van der Waals surface area contributed by atoms with Crippen LogP contribution in [0.1, 0.15) is 16.4 Å². The van der Waals surface area contributed by atoms with Crippen molar-refractivity contribution in [1.29, 1.82) is 0 Å². The van der Waals surface area contributed by atoms with Gasteiger partial charge in [0, 0.05) is 25.9 Å². The van der Waals surface area contributed by atoms with E-state index in [1.165, 1.54) is 17.8 Å². The lowest BCUT2D eigenvalue weighted by Gasteiger charge is -2.18. The van der Waals surface area contributed by atoms with Gasteiger partial charge in [-0.1, -0.05) is 66.7 Å². The van der Waals surface area contributed by atoms with Crippen LogP contribution in [-0.4, -0.2) is 11.8 Å². The van der Waals surface area contributed by atoms with Crippen molar-refractivity contribution in [2.75, 3.05) is 10.6 Å². The number of nitrogens with one attached hydrogen (secondary N) is 2. The Kier molecular flexibility index (Phi) is 8.75. The smallest absolute Gasteiger partial charge is 0.248 e. The van der Waals surface area contributed by atoms with E-state index in [0.717, 1.165) is 25.3 Å². The molecule has 1 unspecified atom stereocenters. The molecule has 4 nitrogen and oxygen atoms in total. The molecule has 0 saturated heterocycles. The Hall–Kier alpha value is -3.36. The van der Waals surface area contributed by atoms with E-state index < -0.39 is 5.25 Å². The molecule has 0 heterocycles. The average Bonchev–Trinajstić information content (AvgIpc) is 2.89. The van der Waals surface area contributed by atoms with Crippen molar-refractivity contribution in [2.24, 2.45) is 0 Å². The molecule has 174 valence electrons. The number of hydrogen-bond acceptors (Lipinski definition) is 3. The van der Waals surface area contributed by atoms with Gasteiger partial charge in [-0.15, -0.1) is 11.8 Å². The Morgan fingerprint density at radius 1 is 0.743 bits per heavy atom. The molecule has 6 heteroatoms. The fourth-order valence-electron chi connectivity index (χ4n) is 3.35. The first kappa shape index (κ1) is 24.8. The number of thioether (sulfide) groups is 1. The van der Waals surface area contributed by atoms with E-state index >= 15 is 0 Å². The molecule has 0 fully saturated rings. The van der Waals surface area contributed by atoms with Gasteiger partial charge in [0.2, 0.25) is 11.8 Å². The first-order valence-electron chi connectivity index (χ1n) is 11.0. The number of carbonyl (C=O) groups excluding carboxylic acids is 2. The summed E-state index contributed by atoms with van der Waals surface area (Å²) in [6, 6.07) is 34.6. The highest BCUT2D eigenvalue weighted by molar-refractivity contribution is 14.1. The molecular weight excluding hydrogens is 567 g/mol. The highest BCUT2D eigenvalue weighted by atomic mass is 127. The standard InChI is InChI=1S/C29H23IN2O2S/c30-23-15-17-24(18-16-23)32-29(34)28(22-10-5-2-6-11-22)35-26-13-7-12-25(20-26)31-27(33)19-14-21-8-3-1-4-9-21/h1-20,28H,(H,31,33)(H,32,34)/b19-14+. The first-order valence-corrected chi connectivity index (χ1v) is 12.9. The van der Waals surface area contributed by atoms with E-state index in [4.69, 9.17) is 0 Å². The third-order valence-electron chi connectivity index (χ3n) is 5.03. The fraction of sp³-hybridized carbons (Fsp3) is 0.0345.